The van der Waals surface area contributed by atoms with Gasteiger partial charge in [0.2, 0.25) is 0 Å². The Morgan fingerprint density at radius 1 is 1.10 bits per heavy atom. The molecule has 0 unspecified atom stereocenters. The molecule has 2 aromatic heterocycles. The molecule has 1 aromatic carbocycles. The number of piperidine rings is 1. The van der Waals surface area contributed by atoms with Crippen molar-refractivity contribution in [2.45, 2.75) is 57.9 Å². The topological polar surface area (TPSA) is 153 Å². The zero-order valence-corrected chi connectivity index (χ0v) is 22.5. The zero-order chi connectivity index (χ0) is 30.1. The van der Waals surface area contributed by atoms with E-state index >= 15 is 0 Å². The van der Waals surface area contributed by atoms with Gasteiger partial charge in [-0.25, -0.2) is 24.2 Å². The molecule has 1 atom stereocenters. The number of ether oxygens (including phenoxy) is 1. The molecule has 14 heteroatoms. The molecular formula is C27H29F3N6O5. The van der Waals surface area contributed by atoms with Crippen LogP contribution in [0, 0.1) is 0 Å². The molecule has 0 bridgehead atoms. The Kier molecular flexibility index (Phi) is 7.95. The molecule has 0 aliphatic carbocycles. The molecule has 41 heavy (non-hydrogen) atoms. The number of carbonyl (C=O) groups is 3. The van der Waals surface area contributed by atoms with Crippen molar-refractivity contribution in [3.05, 3.63) is 65.2 Å². The fourth-order valence-corrected chi connectivity index (χ4v) is 4.47. The fraction of sp³-hybridized carbons (Fsp3) is 0.370. The second-order valence-electron chi connectivity index (χ2n) is 10.5. The van der Waals surface area contributed by atoms with Crippen molar-refractivity contribution in [1.29, 1.82) is 0 Å². The molecule has 0 radical (unpaired) electrons. The molecule has 1 fully saturated rings. The third kappa shape index (κ3) is 6.58. The molecule has 3 heterocycles. The van der Waals surface area contributed by atoms with Crippen LogP contribution in [0.3, 0.4) is 0 Å². The number of rotatable bonds is 5. The first-order valence-electron chi connectivity index (χ1n) is 12.7. The lowest BCUT2D eigenvalue weighted by atomic mass is 10.0. The highest BCUT2D eigenvalue weighted by atomic mass is 19.4. The number of nitrogens with zero attached hydrogens (tertiary/aromatic N) is 4. The minimum atomic E-state index is -4.60. The van der Waals surface area contributed by atoms with E-state index in [1.807, 2.05) is 0 Å². The molecule has 2 amide bonds. The van der Waals surface area contributed by atoms with Crippen molar-refractivity contribution >= 4 is 23.8 Å². The number of benzene rings is 1. The summed E-state index contributed by atoms with van der Waals surface area (Å²) in [4.78, 5) is 47.5. The van der Waals surface area contributed by atoms with Gasteiger partial charge in [-0.05, 0) is 64.3 Å². The van der Waals surface area contributed by atoms with Crippen LogP contribution in [0.4, 0.5) is 23.8 Å². The fourth-order valence-electron chi connectivity index (χ4n) is 4.47. The molecule has 11 nitrogen and oxygen atoms in total. The summed E-state index contributed by atoms with van der Waals surface area (Å²) in [6.07, 6.45) is -2.23. The summed E-state index contributed by atoms with van der Waals surface area (Å²) in [6.45, 7) is 5.62. The number of carboxylic acid groups (broad SMARTS) is 1. The number of halogens is 3. The van der Waals surface area contributed by atoms with Gasteiger partial charge in [-0.15, -0.1) is 0 Å². The minimum Gasteiger partial charge on any atom is -0.476 e. The van der Waals surface area contributed by atoms with Crippen LogP contribution in [-0.2, 0) is 10.9 Å². The highest BCUT2D eigenvalue weighted by molar-refractivity contribution is 6.04. The third-order valence-corrected chi connectivity index (χ3v) is 6.32. The number of pyridine rings is 1. The van der Waals surface area contributed by atoms with Gasteiger partial charge in [-0.3, -0.25) is 9.69 Å². The lowest BCUT2D eigenvalue weighted by molar-refractivity contribution is -0.137. The number of nitrogens with two attached hydrogens (primary N) is 1. The van der Waals surface area contributed by atoms with Crippen molar-refractivity contribution in [3.63, 3.8) is 0 Å². The smallest absolute Gasteiger partial charge is 0.416 e. The van der Waals surface area contributed by atoms with Gasteiger partial charge in [-0.2, -0.15) is 13.2 Å². The zero-order valence-electron chi connectivity index (χ0n) is 22.5. The number of amides is 2. The maximum atomic E-state index is 13.0. The number of anilines is 1. The first-order chi connectivity index (χ1) is 19.2. The summed E-state index contributed by atoms with van der Waals surface area (Å²) >= 11 is 0. The maximum absolute atomic E-state index is 13.0. The minimum absolute atomic E-state index is 0.0243. The quantitative estimate of drug-likeness (QED) is 0.356. The van der Waals surface area contributed by atoms with Crippen molar-refractivity contribution in [2.24, 2.45) is 0 Å². The summed E-state index contributed by atoms with van der Waals surface area (Å²) in [5, 5.41) is 12.3. The van der Waals surface area contributed by atoms with E-state index in [4.69, 9.17) is 10.6 Å². The van der Waals surface area contributed by atoms with Crippen molar-refractivity contribution in [1.82, 2.24) is 19.5 Å². The molecule has 4 N–H and O–H groups in total. The number of aromatic carboxylic acids is 1. The van der Waals surface area contributed by atoms with Crippen LogP contribution in [0.15, 0.2) is 42.6 Å². The molecule has 0 spiro atoms. The van der Waals surface area contributed by atoms with Gasteiger partial charge in [0.15, 0.2) is 11.5 Å². The van der Waals surface area contributed by atoms with Gasteiger partial charge in [0, 0.05) is 23.9 Å². The number of nitrogen functional groups attached to an aromatic ring is 1. The standard InChI is InChI=1S/C27H29F3N6O5/c1-26(2,3)41-25(40)35-13-5-4-6-18(35)22-34-20(21(24(38)39)36(22)31)15-7-9-16(10-8-15)23(37)33-19-14-17(11-12-32-19)27(28,29)30/h7-12,14,18H,4-6,13,31H2,1-3H3,(H,38,39)(H,32,33,37)/t18-/m0/s1. The Labute approximate surface area is 233 Å². The van der Waals surface area contributed by atoms with Crippen LogP contribution in [0.1, 0.15) is 78.3 Å². The number of carboxylic acids is 1. The summed E-state index contributed by atoms with van der Waals surface area (Å²) in [5.41, 5.74) is -1.59. The van der Waals surface area contributed by atoms with Gasteiger partial charge in [-0.1, -0.05) is 12.1 Å². The Morgan fingerprint density at radius 2 is 1.78 bits per heavy atom. The van der Waals surface area contributed by atoms with Gasteiger partial charge in [0.25, 0.3) is 5.91 Å². The number of carbonyl (C=O) groups excluding carboxylic acids is 2. The second kappa shape index (κ2) is 11.1. The SMILES string of the molecule is CC(C)(C)OC(=O)N1CCCC[C@H]1c1nc(-c2ccc(C(=O)Nc3cc(C(F)(F)F)ccn3)cc2)c(C(=O)O)n1N. The molecular weight excluding hydrogens is 545 g/mol. The van der Waals surface area contributed by atoms with Gasteiger partial charge in [0.1, 0.15) is 17.1 Å². The van der Waals surface area contributed by atoms with E-state index in [1.54, 1.807) is 20.8 Å². The highest BCUT2D eigenvalue weighted by Gasteiger charge is 2.36. The normalized spacial score (nSPS) is 15.9. The third-order valence-electron chi connectivity index (χ3n) is 6.32. The predicted octanol–water partition coefficient (Wildman–Crippen LogP) is 5.09. The lowest BCUT2D eigenvalue weighted by Crippen LogP contribution is -2.43. The first-order valence-corrected chi connectivity index (χ1v) is 12.7. The number of hydrogen-bond acceptors (Lipinski definition) is 7. The maximum Gasteiger partial charge on any atom is 0.416 e. The summed E-state index contributed by atoms with van der Waals surface area (Å²) in [5.74, 6) is 4.03. The summed E-state index contributed by atoms with van der Waals surface area (Å²) < 4.78 is 45.4. The van der Waals surface area contributed by atoms with Crippen LogP contribution >= 0.6 is 0 Å². The van der Waals surface area contributed by atoms with Gasteiger partial charge in [0.05, 0.1) is 11.6 Å². The average molecular weight is 575 g/mol. The summed E-state index contributed by atoms with van der Waals surface area (Å²) in [6, 6.07) is 6.50. The lowest BCUT2D eigenvalue weighted by Gasteiger charge is -2.36. The molecule has 1 aliphatic heterocycles. The van der Waals surface area contributed by atoms with Crippen molar-refractivity contribution < 1.29 is 37.4 Å². The number of aromatic nitrogens is 3. The van der Waals surface area contributed by atoms with Crippen molar-refractivity contribution in [2.75, 3.05) is 17.7 Å². The highest BCUT2D eigenvalue weighted by Crippen LogP contribution is 2.35. The Balaban J connectivity index is 1.61. The predicted molar refractivity (Wildman–Crippen MR) is 141 cm³/mol. The van der Waals surface area contributed by atoms with Crippen LogP contribution < -0.4 is 11.2 Å². The van der Waals surface area contributed by atoms with E-state index in [0.29, 0.717) is 24.6 Å². The van der Waals surface area contributed by atoms with Crippen LogP contribution in [0.2, 0.25) is 0 Å². The number of alkyl halides is 3. The molecule has 0 saturated carbocycles. The Morgan fingerprint density at radius 3 is 2.39 bits per heavy atom. The molecule has 4 rings (SSSR count). The average Bonchev–Trinajstić information content (AvgIpc) is 3.24. The van der Waals surface area contributed by atoms with Crippen LogP contribution in [0.25, 0.3) is 11.3 Å². The number of imidazole rings is 1. The van der Waals surface area contributed by atoms with Crippen molar-refractivity contribution in [3.8, 4) is 11.3 Å². The van der Waals surface area contributed by atoms with E-state index in [9.17, 15) is 32.7 Å². The van der Waals surface area contributed by atoms with Gasteiger partial charge < -0.3 is 21.0 Å². The van der Waals surface area contributed by atoms with E-state index < -0.39 is 41.4 Å². The van der Waals surface area contributed by atoms with E-state index in [2.05, 4.69) is 15.3 Å². The van der Waals surface area contributed by atoms with Gasteiger partial charge >= 0.3 is 18.2 Å². The Hall–Kier alpha value is -4.62. The largest absolute Gasteiger partial charge is 0.476 e. The summed E-state index contributed by atoms with van der Waals surface area (Å²) in [7, 11) is 0. The van der Waals surface area contributed by atoms with Crippen LogP contribution in [0.5, 0.6) is 0 Å². The molecule has 3 aromatic rings. The molecule has 218 valence electrons. The molecule has 1 aliphatic rings. The van der Waals surface area contributed by atoms with E-state index in [-0.39, 0.29) is 28.6 Å². The Bertz CT molecular complexity index is 1460. The van der Waals surface area contributed by atoms with E-state index in [1.165, 1.54) is 29.2 Å². The van der Waals surface area contributed by atoms with E-state index in [0.717, 1.165) is 29.8 Å². The first kappa shape index (κ1) is 29.4. The number of likely N-dealkylation sites (tertiary alicyclic amines) is 1. The number of hydrogen-bond donors (Lipinski definition) is 3. The monoisotopic (exact) mass is 574 g/mol. The van der Waals surface area contributed by atoms with Crippen LogP contribution in [-0.4, -0.2) is 54.8 Å². The number of nitrogens with one attached hydrogen (secondary N) is 1. The second-order valence-corrected chi connectivity index (χ2v) is 10.5. The molecule has 1 saturated heterocycles.